The summed E-state index contributed by atoms with van der Waals surface area (Å²) in [6.45, 7) is 13.8. The zero-order valence-electron chi connectivity index (χ0n) is 17.5. The Hall–Kier alpha value is -1.06. The summed E-state index contributed by atoms with van der Waals surface area (Å²) >= 11 is 0. The average Bonchev–Trinajstić information content (AvgIpc) is 3.19. The molecule has 3 heterocycles. The van der Waals surface area contributed by atoms with E-state index < -0.39 is 11.1 Å². The first kappa shape index (κ1) is 20.7. The zero-order valence-corrected chi connectivity index (χ0v) is 17.5. The Labute approximate surface area is 163 Å². The first-order valence-corrected chi connectivity index (χ1v) is 10.0. The Morgan fingerprint density at radius 3 is 2.48 bits per heavy atom. The van der Waals surface area contributed by atoms with E-state index >= 15 is 0 Å². The number of hydrogen-bond donors (Lipinski definition) is 0. The van der Waals surface area contributed by atoms with Gasteiger partial charge in [0.05, 0.1) is 25.6 Å². The highest BCUT2D eigenvalue weighted by Crippen LogP contribution is 2.38. The first-order valence-electron chi connectivity index (χ1n) is 10.0. The van der Waals surface area contributed by atoms with Gasteiger partial charge < -0.3 is 4.74 Å². The summed E-state index contributed by atoms with van der Waals surface area (Å²) in [4.78, 5) is 4.80. The quantitative estimate of drug-likeness (QED) is 0.719. The molecule has 0 amide bonds. The summed E-state index contributed by atoms with van der Waals surface area (Å²) in [7, 11) is 2.16. The van der Waals surface area contributed by atoms with Crippen LogP contribution in [0.25, 0.3) is 0 Å². The second-order valence-corrected chi connectivity index (χ2v) is 9.43. The summed E-state index contributed by atoms with van der Waals surface area (Å²) in [5.41, 5.74) is 0.0394. The third-order valence-electron chi connectivity index (χ3n) is 5.71. The third kappa shape index (κ3) is 5.26. The Bertz CT molecular complexity index is 599. The molecule has 3 rings (SSSR count). The number of nitrogens with zero attached hydrogens (tertiary/aromatic N) is 6. The summed E-state index contributed by atoms with van der Waals surface area (Å²) in [5.74, 6) is 0. The maximum absolute atomic E-state index is 12.4. The van der Waals surface area contributed by atoms with E-state index in [2.05, 4.69) is 27.2 Å². The van der Waals surface area contributed by atoms with E-state index in [9.17, 15) is 5.21 Å². The Kier molecular flexibility index (Phi) is 6.22. The van der Waals surface area contributed by atoms with Crippen LogP contribution >= 0.6 is 0 Å². The van der Waals surface area contributed by atoms with Gasteiger partial charge in [-0.25, -0.2) is 0 Å². The molecule has 0 N–H and O–H groups in total. The molecule has 8 heteroatoms. The molecule has 2 aliphatic heterocycles. The average molecular weight is 380 g/mol. The van der Waals surface area contributed by atoms with Gasteiger partial charge in [0.2, 0.25) is 0 Å². The van der Waals surface area contributed by atoms with E-state index in [0.717, 1.165) is 57.8 Å². The van der Waals surface area contributed by atoms with Crippen LogP contribution in [0.2, 0.25) is 0 Å². The molecule has 1 aromatic heterocycles. The fraction of sp³-hybridized carbons (Fsp3) is 0.895. The van der Waals surface area contributed by atoms with Crippen molar-refractivity contribution >= 4 is 0 Å². The molecule has 1 aromatic rings. The van der Waals surface area contributed by atoms with Crippen molar-refractivity contribution < 1.29 is 9.94 Å². The van der Waals surface area contributed by atoms with Crippen LogP contribution in [0.4, 0.5) is 0 Å². The fourth-order valence-electron chi connectivity index (χ4n) is 4.44. The lowest BCUT2D eigenvalue weighted by Crippen LogP contribution is -2.59. The molecular formula is C19H35N6O2. The topological polar surface area (TPSA) is 69.6 Å². The minimum atomic E-state index is -0.409. The SMILES string of the molecule is CN1CCN(CCCn2cc(COC3CC(C)(C)N([O])C(C)(C)C3)nn2)C1. The van der Waals surface area contributed by atoms with E-state index in [0.29, 0.717) is 6.61 Å². The number of ether oxygens (including phenoxy) is 1. The Balaban J connectivity index is 1.43. The monoisotopic (exact) mass is 379 g/mol. The van der Waals surface area contributed by atoms with Crippen molar-refractivity contribution in [2.75, 3.05) is 33.4 Å². The molecular weight excluding hydrogens is 344 g/mol. The molecule has 2 saturated heterocycles. The number of piperidine rings is 1. The highest BCUT2D eigenvalue weighted by molar-refractivity contribution is 4.97. The minimum absolute atomic E-state index is 0.0671. The molecule has 0 saturated carbocycles. The summed E-state index contributed by atoms with van der Waals surface area (Å²) in [6, 6.07) is 0. The van der Waals surface area contributed by atoms with Gasteiger partial charge in [-0.15, -0.1) is 15.4 Å². The molecule has 0 atom stereocenters. The van der Waals surface area contributed by atoms with Crippen LogP contribution in [0.1, 0.15) is 52.7 Å². The van der Waals surface area contributed by atoms with E-state index in [4.69, 9.17) is 4.74 Å². The van der Waals surface area contributed by atoms with Gasteiger partial charge in [-0.05, 0) is 54.0 Å². The van der Waals surface area contributed by atoms with Crippen LogP contribution in [0, 0.1) is 0 Å². The van der Waals surface area contributed by atoms with Gasteiger partial charge in [-0.1, -0.05) is 5.21 Å². The van der Waals surface area contributed by atoms with Crippen LogP contribution in [0.15, 0.2) is 6.20 Å². The van der Waals surface area contributed by atoms with E-state index in [1.807, 2.05) is 38.6 Å². The molecule has 2 aliphatic rings. The van der Waals surface area contributed by atoms with Crippen molar-refractivity contribution in [2.24, 2.45) is 0 Å². The third-order valence-corrected chi connectivity index (χ3v) is 5.71. The molecule has 0 spiro atoms. The first-order chi connectivity index (χ1) is 12.7. The van der Waals surface area contributed by atoms with Gasteiger partial charge >= 0.3 is 0 Å². The summed E-state index contributed by atoms with van der Waals surface area (Å²) < 4.78 is 8.01. The Morgan fingerprint density at radius 1 is 1.15 bits per heavy atom. The van der Waals surface area contributed by atoms with Crippen LogP contribution in [-0.2, 0) is 23.1 Å². The van der Waals surface area contributed by atoms with Gasteiger partial charge in [0.15, 0.2) is 0 Å². The second kappa shape index (κ2) is 8.13. The zero-order chi connectivity index (χ0) is 19.7. The molecule has 0 aromatic carbocycles. The van der Waals surface area contributed by atoms with Gasteiger partial charge in [0.25, 0.3) is 0 Å². The normalized spacial score (nSPS) is 24.7. The van der Waals surface area contributed by atoms with Crippen molar-refractivity contribution in [2.45, 2.75) is 77.3 Å². The molecule has 8 nitrogen and oxygen atoms in total. The highest BCUT2D eigenvalue weighted by atomic mass is 16.5. The number of hydroxylamine groups is 2. The molecule has 27 heavy (non-hydrogen) atoms. The van der Waals surface area contributed by atoms with Crippen molar-refractivity contribution in [3.05, 3.63) is 11.9 Å². The van der Waals surface area contributed by atoms with Crippen molar-refractivity contribution in [3.63, 3.8) is 0 Å². The molecule has 153 valence electrons. The minimum Gasteiger partial charge on any atom is -0.372 e. The van der Waals surface area contributed by atoms with Gasteiger partial charge in [0.1, 0.15) is 5.69 Å². The molecule has 1 radical (unpaired) electrons. The number of likely N-dealkylation sites (N-methyl/N-ethyl adjacent to an activating group) is 1. The molecule has 0 unspecified atom stereocenters. The summed E-state index contributed by atoms with van der Waals surface area (Å²) in [6.07, 6.45) is 4.59. The Morgan fingerprint density at radius 2 is 1.85 bits per heavy atom. The maximum Gasteiger partial charge on any atom is 0.108 e. The molecule has 0 bridgehead atoms. The predicted molar refractivity (Wildman–Crippen MR) is 102 cm³/mol. The maximum atomic E-state index is 12.4. The lowest BCUT2D eigenvalue weighted by Gasteiger charge is -2.49. The smallest absolute Gasteiger partial charge is 0.108 e. The van der Waals surface area contributed by atoms with E-state index in [-0.39, 0.29) is 6.10 Å². The van der Waals surface area contributed by atoms with Crippen LogP contribution in [0.5, 0.6) is 0 Å². The van der Waals surface area contributed by atoms with E-state index in [1.165, 1.54) is 5.06 Å². The number of aryl methyl sites for hydroxylation is 1. The van der Waals surface area contributed by atoms with Crippen molar-refractivity contribution in [3.8, 4) is 0 Å². The number of hydrogen-bond acceptors (Lipinski definition) is 6. The lowest BCUT2D eigenvalue weighted by atomic mass is 9.80. The number of rotatable bonds is 7. The van der Waals surface area contributed by atoms with Gasteiger partial charge in [-0.2, -0.15) is 0 Å². The molecule has 2 fully saturated rings. The summed E-state index contributed by atoms with van der Waals surface area (Å²) in [5, 5.41) is 22.1. The van der Waals surface area contributed by atoms with E-state index in [1.54, 1.807) is 0 Å². The largest absolute Gasteiger partial charge is 0.372 e. The molecule has 0 aliphatic carbocycles. The van der Waals surface area contributed by atoms with Crippen LogP contribution in [-0.4, -0.2) is 80.4 Å². The predicted octanol–water partition coefficient (Wildman–Crippen LogP) is 1.76. The number of aromatic nitrogens is 3. The second-order valence-electron chi connectivity index (χ2n) is 9.43. The van der Waals surface area contributed by atoms with Crippen molar-refractivity contribution in [1.29, 1.82) is 0 Å². The van der Waals surface area contributed by atoms with Gasteiger partial charge in [-0.3, -0.25) is 14.5 Å². The lowest BCUT2D eigenvalue weighted by molar-refractivity contribution is -0.301. The fourth-order valence-corrected chi connectivity index (χ4v) is 4.44. The van der Waals surface area contributed by atoms with Crippen LogP contribution < -0.4 is 0 Å². The highest BCUT2D eigenvalue weighted by Gasteiger charge is 2.46. The van der Waals surface area contributed by atoms with Crippen molar-refractivity contribution in [1.82, 2.24) is 29.9 Å². The van der Waals surface area contributed by atoms with Crippen LogP contribution in [0.3, 0.4) is 0 Å². The van der Waals surface area contributed by atoms with Gasteiger partial charge in [0, 0.05) is 37.3 Å². The standard InChI is InChI=1S/C19H35N6O2/c1-18(2)11-17(12-19(3,4)25(18)26)27-14-16-13-24(21-20-16)8-6-7-23-10-9-22(5)15-23/h13,17H,6-12,14-15H2,1-5H3.